The minimum absolute atomic E-state index is 0.278. The maximum Gasteiger partial charge on any atom is 0.314 e. The Morgan fingerprint density at radius 3 is 2.08 bits per heavy atom. The average molecular weight is 366 g/mol. The van der Waals surface area contributed by atoms with Crippen molar-refractivity contribution in [2.45, 2.75) is 27.2 Å². The van der Waals surface area contributed by atoms with E-state index in [1.807, 2.05) is 6.92 Å². The van der Waals surface area contributed by atoms with Crippen molar-refractivity contribution in [2.75, 3.05) is 27.9 Å². The zero-order valence-electron chi connectivity index (χ0n) is 16.0. The lowest BCUT2D eigenvalue weighted by atomic mass is 10.0. The minimum atomic E-state index is -0.504. The van der Waals surface area contributed by atoms with Crippen LogP contribution in [0.15, 0.2) is 17.2 Å². The molecule has 0 aliphatic rings. The van der Waals surface area contributed by atoms with Crippen LogP contribution in [0.4, 0.5) is 0 Å². The predicted octanol–water partition coefficient (Wildman–Crippen LogP) is 2.41. The van der Waals surface area contributed by atoms with Crippen LogP contribution in [-0.2, 0) is 9.53 Å². The second-order valence-corrected chi connectivity index (χ2v) is 5.32. The molecule has 0 heterocycles. The van der Waals surface area contributed by atoms with Gasteiger partial charge in [0.2, 0.25) is 5.75 Å². The fraction of sp³-hybridized carbons (Fsp3) is 0.500. The molecule has 0 spiro atoms. The van der Waals surface area contributed by atoms with Gasteiger partial charge in [-0.2, -0.15) is 5.10 Å². The van der Waals surface area contributed by atoms with E-state index >= 15 is 0 Å². The molecule has 1 atom stereocenters. The molecule has 1 amide bonds. The number of hydrogen-bond donors (Lipinski definition) is 1. The normalized spacial score (nSPS) is 12.2. The molecule has 1 N–H and O–H groups in total. The largest absolute Gasteiger partial charge is 0.493 e. The highest BCUT2D eigenvalue weighted by molar-refractivity contribution is 6.02. The number of hydrogen-bond acceptors (Lipinski definition) is 7. The molecule has 0 bridgehead atoms. The molecular formula is C18H26N2O6. The number of nitrogens with one attached hydrogen (secondary N) is 1. The highest BCUT2D eigenvalue weighted by Crippen LogP contribution is 2.38. The third-order valence-electron chi connectivity index (χ3n) is 3.74. The first-order valence-corrected chi connectivity index (χ1v) is 8.24. The van der Waals surface area contributed by atoms with Gasteiger partial charge >= 0.3 is 5.97 Å². The lowest BCUT2D eigenvalue weighted by molar-refractivity contribution is -0.145. The molecule has 0 unspecified atom stereocenters. The zero-order chi connectivity index (χ0) is 19.7. The van der Waals surface area contributed by atoms with E-state index in [1.54, 1.807) is 13.8 Å². The molecule has 1 aromatic carbocycles. The van der Waals surface area contributed by atoms with Crippen LogP contribution in [0.25, 0.3) is 0 Å². The maximum atomic E-state index is 12.4. The monoisotopic (exact) mass is 366 g/mol. The molecule has 1 aromatic rings. The Hall–Kier alpha value is -2.77. The van der Waals surface area contributed by atoms with Gasteiger partial charge < -0.3 is 18.9 Å². The highest BCUT2D eigenvalue weighted by Gasteiger charge is 2.22. The third-order valence-corrected chi connectivity index (χ3v) is 3.74. The molecule has 26 heavy (non-hydrogen) atoms. The summed E-state index contributed by atoms with van der Waals surface area (Å²) in [5.41, 5.74) is 3.18. The molecule has 0 radical (unpaired) electrons. The number of benzene rings is 1. The number of carbonyl (C=O) groups excluding carboxylic acids is 2. The van der Waals surface area contributed by atoms with Crippen molar-refractivity contribution in [1.29, 1.82) is 0 Å². The quantitative estimate of drug-likeness (QED) is 0.410. The Balaban J connectivity index is 3.01. The highest BCUT2D eigenvalue weighted by atomic mass is 16.5. The number of rotatable bonds is 9. The topological polar surface area (TPSA) is 95.5 Å². The van der Waals surface area contributed by atoms with Crippen LogP contribution in [0.5, 0.6) is 17.2 Å². The Morgan fingerprint density at radius 1 is 1.08 bits per heavy atom. The Bertz CT molecular complexity index is 647. The molecule has 144 valence electrons. The fourth-order valence-electron chi connectivity index (χ4n) is 2.37. The summed E-state index contributed by atoms with van der Waals surface area (Å²) in [7, 11) is 4.41. The number of amides is 1. The van der Waals surface area contributed by atoms with Crippen molar-refractivity contribution in [1.82, 2.24) is 5.43 Å². The zero-order valence-corrected chi connectivity index (χ0v) is 16.0. The van der Waals surface area contributed by atoms with Gasteiger partial charge in [0.25, 0.3) is 5.91 Å². The van der Waals surface area contributed by atoms with E-state index in [1.165, 1.54) is 33.5 Å². The number of esters is 1. The molecule has 0 saturated heterocycles. The van der Waals surface area contributed by atoms with Crippen molar-refractivity contribution < 1.29 is 28.5 Å². The Kier molecular flexibility index (Phi) is 8.41. The molecule has 8 nitrogen and oxygen atoms in total. The van der Waals surface area contributed by atoms with Gasteiger partial charge in [-0.3, -0.25) is 9.59 Å². The minimum Gasteiger partial charge on any atom is -0.493 e. The first kappa shape index (κ1) is 21.3. The van der Waals surface area contributed by atoms with Crippen molar-refractivity contribution in [2.24, 2.45) is 11.0 Å². The summed E-state index contributed by atoms with van der Waals surface area (Å²) < 4.78 is 20.7. The summed E-state index contributed by atoms with van der Waals surface area (Å²) in [6.07, 6.45) is 0.522. The third kappa shape index (κ3) is 5.11. The molecule has 0 aliphatic heterocycles. The van der Waals surface area contributed by atoms with E-state index in [-0.39, 0.29) is 11.5 Å². The summed E-state index contributed by atoms with van der Waals surface area (Å²) in [5.74, 6) is -0.235. The summed E-state index contributed by atoms with van der Waals surface area (Å²) in [6, 6.07) is 3.04. The molecule has 8 heteroatoms. The first-order valence-electron chi connectivity index (χ1n) is 8.24. The SMILES string of the molecule is CCOC(=O)[C@H](CC)/C(C)=N\NC(=O)c1cc(OC)c(OC)c(OC)c1. The van der Waals surface area contributed by atoms with Gasteiger partial charge in [-0.15, -0.1) is 0 Å². The molecule has 0 saturated carbocycles. The number of methoxy groups -OCH3 is 3. The van der Waals surface area contributed by atoms with Gasteiger partial charge in [0.15, 0.2) is 11.5 Å². The van der Waals surface area contributed by atoms with Gasteiger partial charge in [-0.05, 0) is 32.4 Å². The van der Waals surface area contributed by atoms with Crippen LogP contribution in [0, 0.1) is 5.92 Å². The molecule has 0 aliphatic carbocycles. The van der Waals surface area contributed by atoms with Gasteiger partial charge in [0, 0.05) is 11.3 Å². The average Bonchev–Trinajstić information content (AvgIpc) is 2.65. The van der Waals surface area contributed by atoms with Crippen LogP contribution in [0.2, 0.25) is 0 Å². The summed E-state index contributed by atoms with van der Waals surface area (Å²) >= 11 is 0. The lowest BCUT2D eigenvalue weighted by Crippen LogP contribution is -2.27. The van der Waals surface area contributed by atoms with Gasteiger partial charge in [0.1, 0.15) is 0 Å². The van der Waals surface area contributed by atoms with Crippen molar-refractivity contribution in [3.63, 3.8) is 0 Å². The second kappa shape index (κ2) is 10.3. The van der Waals surface area contributed by atoms with Crippen LogP contribution in [0.3, 0.4) is 0 Å². The van der Waals surface area contributed by atoms with Crippen molar-refractivity contribution in [3.05, 3.63) is 17.7 Å². The molecule has 1 rings (SSSR count). The van der Waals surface area contributed by atoms with Crippen LogP contribution < -0.4 is 19.6 Å². The van der Waals surface area contributed by atoms with E-state index in [9.17, 15) is 9.59 Å². The van der Waals surface area contributed by atoms with E-state index in [2.05, 4.69) is 10.5 Å². The van der Waals surface area contributed by atoms with Gasteiger partial charge in [-0.1, -0.05) is 6.92 Å². The van der Waals surface area contributed by atoms with E-state index in [4.69, 9.17) is 18.9 Å². The van der Waals surface area contributed by atoms with Crippen LogP contribution in [0.1, 0.15) is 37.6 Å². The standard InChI is InChI=1S/C18H26N2O6/c1-7-13(18(22)26-8-2)11(3)19-20-17(21)12-9-14(23-4)16(25-6)15(10-12)24-5/h9-10,13H,7-8H2,1-6H3,(H,20,21)/b19-11-/t13-/m1/s1. The summed E-state index contributed by atoms with van der Waals surface area (Å²) in [5, 5.41) is 4.03. The number of ether oxygens (including phenoxy) is 4. The van der Waals surface area contributed by atoms with Crippen LogP contribution in [-0.4, -0.2) is 45.5 Å². The molecule has 0 aromatic heterocycles. The fourth-order valence-corrected chi connectivity index (χ4v) is 2.37. The smallest absolute Gasteiger partial charge is 0.314 e. The Morgan fingerprint density at radius 2 is 1.65 bits per heavy atom. The van der Waals surface area contributed by atoms with Gasteiger partial charge in [0.05, 0.1) is 33.9 Å². The maximum absolute atomic E-state index is 12.4. The van der Waals surface area contributed by atoms with E-state index < -0.39 is 11.8 Å². The number of hydrazone groups is 1. The van der Waals surface area contributed by atoms with Crippen LogP contribution >= 0.6 is 0 Å². The summed E-state index contributed by atoms with van der Waals surface area (Å²) in [4.78, 5) is 24.3. The second-order valence-electron chi connectivity index (χ2n) is 5.32. The number of nitrogens with zero attached hydrogens (tertiary/aromatic N) is 1. The van der Waals surface area contributed by atoms with Gasteiger partial charge in [-0.25, -0.2) is 5.43 Å². The molecular weight excluding hydrogens is 340 g/mol. The predicted molar refractivity (Wildman–Crippen MR) is 97.1 cm³/mol. The van der Waals surface area contributed by atoms with E-state index in [0.717, 1.165) is 0 Å². The van der Waals surface area contributed by atoms with E-state index in [0.29, 0.717) is 36.0 Å². The number of carbonyl (C=O) groups is 2. The summed E-state index contributed by atoms with van der Waals surface area (Å²) in [6.45, 7) is 5.55. The lowest BCUT2D eigenvalue weighted by Gasteiger charge is -2.14. The van der Waals surface area contributed by atoms with Crippen molar-refractivity contribution >= 4 is 17.6 Å². The van der Waals surface area contributed by atoms with Crippen molar-refractivity contribution in [3.8, 4) is 17.2 Å². The Labute approximate surface area is 153 Å². The first-order chi connectivity index (χ1) is 12.4. The molecule has 0 fully saturated rings.